The maximum atomic E-state index is 12.6. The molecule has 1 rings (SSSR count). The smallest absolute Gasteiger partial charge is 0.242 e. The number of rotatable bonds is 7. The van der Waals surface area contributed by atoms with Crippen molar-refractivity contribution in [3.05, 3.63) is 28.3 Å². The Morgan fingerprint density at radius 2 is 1.65 bits per heavy atom. The molecule has 0 fully saturated rings. The van der Waals surface area contributed by atoms with Gasteiger partial charge in [-0.1, -0.05) is 31.5 Å². The van der Waals surface area contributed by atoms with Gasteiger partial charge < -0.3 is 9.80 Å². The minimum Gasteiger partial charge on any atom is -0.341 e. The Bertz CT molecular complexity index is 543. The lowest BCUT2D eigenvalue weighted by Gasteiger charge is -2.28. The van der Waals surface area contributed by atoms with E-state index in [9.17, 15) is 9.59 Å². The van der Waals surface area contributed by atoms with E-state index in [0.717, 1.165) is 24.0 Å². The zero-order valence-electron chi connectivity index (χ0n) is 14.8. The first-order valence-corrected chi connectivity index (χ1v) is 8.52. The number of nitrogens with zero attached hydrogens (tertiary/aromatic N) is 2. The maximum Gasteiger partial charge on any atom is 0.242 e. The van der Waals surface area contributed by atoms with Gasteiger partial charge in [-0.25, -0.2) is 0 Å². The lowest BCUT2D eigenvalue weighted by molar-refractivity contribution is -0.131. The molecule has 0 bridgehead atoms. The van der Waals surface area contributed by atoms with E-state index in [0.29, 0.717) is 23.8 Å². The first kappa shape index (κ1) is 19.5. The molecule has 0 spiro atoms. The number of carbonyl (C=O) groups is 2. The standard InChI is InChI=1S/C18H27ClN2O2/c1-6-8-20(9-7-2)17(23)12-21(15(5)22)18-14(4)10-13(3)11-16(18)19/h10-11H,6-9,12H2,1-5H3. The molecule has 4 nitrogen and oxygen atoms in total. The van der Waals surface area contributed by atoms with Crippen LogP contribution in [-0.4, -0.2) is 36.3 Å². The third-order valence-electron chi connectivity index (χ3n) is 3.68. The van der Waals surface area contributed by atoms with Gasteiger partial charge in [0.1, 0.15) is 6.54 Å². The normalized spacial score (nSPS) is 10.5. The minimum absolute atomic E-state index is 0.0267. The van der Waals surface area contributed by atoms with Crippen LogP contribution >= 0.6 is 11.6 Å². The van der Waals surface area contributed by atoms with E-state index in [-0.39, 0.29) is 18.4 Å². The number of halogens is 1. The summed E-state index contributed by atoms with van der Waals surface area (Å²) in [5, 5.41) is 0.503. The first-order chi connectivity index (χ1) is 10.8. The van der Waals surface area contributed by atoms with Crippen LogP contribution in [0.5, 0.6) is 0 Å². The highest BCUT2D eigenvalue weighted by Gasteiger charge is 2.23. The number of anilines is 1. The molecule has 0 aliphatic rings. The summed E-state index contributed by atoms with van der Waals surface area (Å²) < 4.78 is 0. The van der Waals surface area contributed by atoms with Gasteiger partial charge in [0.15, 0.2) is 0 Å². The van der Waals surface area contributed by atoms with Crippen LogP contribution in [0.4, 0.5) is 5.69 Å². The summed E-state index contributed by atoms with van der Waals surface area (Å²) in [6.07, 6.45) is 1.80. The van der Waals surface area contributed by atoms with Crippen LogP contribution in [0.3, 0.4) is 0 Å². The van der Waals surface area contributed by atoms with Crippen molar-refractivity contribution in [2.75, 3.05) is 24.5 Å². The van der Waals surface area contributed by atoms with Crippen molar-refractivity contribution in [3.8, 4) is 0 Å². The average molecular weight is 339 g/mol. The van der Waals surface area contributed by atoms with Gasteiger partial charge in [-0.05, 0) is 43.9 Å². The molecule has 23 heavy (non-hydrogen) atoms. The van der Waals surface area contributed by atoms with Gasteiger partial charge in [0.05, 0.1) is 10.7 Å². The largest absolute Gasteiger partial charge is 0.341 e. The fourth-order valence-corrected chi connectivity index (χ4v) is 3.16. The number of hydrogen-bond acceptors (Lipinski definition) is 2. The molecule has 5 heteroatoms. The molecule has 0 unspecified atom stereocenters. The third-order valence-corrected chi connectivity index (χ3v) is 3.97. The van der Waals surface area contributed by atoms with Crippen molar-refractivity contribution in [1.82, 2.24) is 4.90 Å². The second-order valence-electron chi connectivity index (χ2n) is 5.90. The molecule has 0 saturated heterocycles. The van der Waals surface area contributed by atoms with Gasteiger partial charge in [-0.2, -0.15) is 0 Å². The van der Waals surface area contributed by atoms with Crippen molar-refractivity contribution in [2.45, 2.75) is 47.5 Å². The van der Waals surface area contributed by atoms with Crippen LogP contribution in [0.25, 0.3) is 0 Å². The lowest BCUT2D eigenvalue weighted by atomic mass is 10.1. The monoisotopic (exact) mass is 338 g/mol. The SMILES string of the molecule is CCCN(CCC)C(=O)CN(C(C)=O)c1c(C)cc(C)cc1Cl. The van der Waals surface area contributed by atoms with Crippen LogP contribution in [0.2, 0.25) is 5.02 Å². The highest BCUT2D eigenvalue weighted by atomic mass is 35.5. The molecule has 0 radical (unpaired) electrons. The van der Waals surface area contributed by atoms with Crippen LogP contribution in [-0.2, 0) is 9.59 Å². The summed E-state index contributed by atoms with van der Waals surface area (Å²) in [5.41, 5.74) is 2.56. The molecule has 1 aromatic rings. The van der Waals surface area contributed by atoms with Gasteiger partial charge in [0.2, 0.25) is 11.8 Å². The summed E-state index contributed by atoms with van der Waals surface area (Å²) in [6, 6.07) is 3.79. The second kappa shape index (κ2) is 8.92. The highest BCUT2D eigenvalue weighted by Crippen LogP contribution is 2.31. The van der Waals surface area contributed by atoms with E-state index >= 15 is 0 Å². The zero-order chi connectivity index (χ0) is 17.6. The van der Waals surface area contributed by atoms with E-state index in [1.807, 2.05) is 44.7 Å². The quantitative estimate of drug-likeness (QED) is 0.755. The second-order valence-corrected chi connectivity index (χ2v) is 6.31. The third kappa shape index (κ3) is 5.24. The number of benzene rings is 1. The molecule has 0 aliphatic carbocycles. The van der Waals surface area contributed by atoms with E-state index in [4.69, 9.17) is 11.6 Å². The van der Waals surface area contributed by atoms with Crippen LogP contribution in [0, 0.1) is 13.8 Å². The summed E-state index contributed by atoms with van der Waals surface area (Å²) in [5.74, 6) is -0.222. The van der Waals surface area contributed by atoms with Gasteiger partial charge >= 0.3 is 0 Å². The molecule has 0 aliphatic heterocycles. The Morgan fingerprint density at radius 1 is 1.09 bits per heavy atom. The van der Waals surface area contributed by atoms with E-state index in [1.165, 1.54) is 11.8 Å². The van der Waals surface area contributed by atoms with Crippen molar-refractivity contribution in [3.63, 3.8) is 0 Å². The summed E-state index contributed by atoms with van der Waals surface area (Å²) in [4.78, 5) is 28.0. The van der Waals surface area contributed by atoms with Crippen molar-refractivity contribution >= 4 is 29.1 Å². The molecule has 0 aromatic heterocycles. The fourth-order valence-electron chi connectivity index (χ4n) is 2.73. The van der Waals surface area contributed by atoms with E-state index in [2.05, 4.69) is 0 Å². The topological polar surface area (TPSA) is 40.6 Å². The Hall–Kier alpha value is -1.55. The number of amides is 2. The van der Waals surface area contributed by atoms with Crippen LogP contribution in [0.15, 0.2) is 12.1 Å². The zero-order valence-corrected chi connectivity index (χ0v) is 15.5. The van der Waals surface area contributed by atoms with Crippen LogP contribution < -0.4 is 4.90 Å². The molecular weight excluding hydrogens is 312 g/mol. The predicted molar refractivity (Wildman–Crippen MR) is 96.1 cm³/mol. The predicted octanol–water partition coefficient (Wildman–Crippen LogP) is 3.96. The van der Waals surface area contributed by atoms with Crippen molar-refractivity contribution < 1.29 is 9.59 Å². The number of aryl methyl sites for hydroxylation is 2. The molecular formula is C18H27ClN2O2. The minimum atomic E-state index is -0.180. The fraction of sp³-hybridized carbons (Fsp3) is 0.556. The summed E-state index contributed by atoms with van der Waals surface area (Å²) in [6.45, 7) is 10.9. The van der Waals surface area contributed by atoms with Gasteiger partial charge in [-0.15, -0.1) is 0 Å². The van der Waals surface area contributed by atoms with Gasteiger partial charge in [0.25, 0.3) is 0 Å². The van der Waals surface area contributed by atoms with Gasteiger partial charge in [0, 0.05) is 20.0 Å². The average Bonchev–Trinajstić information content (AvgIpc) is 2.44. The molecule has 0 heterocycles. The van der Waals surface area contributed by atoms with Crippen molar-refractivity contribution in [1.29, 1.82) is 0 Å². The molecule has 1 aromatic carbocycles. The molecule has 0 N–H and O–H groups in total. The molecule has 0 atom stereocenters. The molecule has 0 saturated carbocycles. The highest BCUT2D eigenvalue weighted by molar-refractivity contribution is 6.34. The van der Waals surface area contributed by atoms with E-state index < -0.39 is 0 Å². The van der Waals surface area contributed by atoms with Crippen LogP contribution in [0.1, 0.15) is 44.7 Å². The Morgan fingerprint density at radius 3 is 2.09 bits per heavy atom. The number of carbonyl (C=O) groups excluding carboxylic acids is 2. The Kier molecular flexibility index (Phi) is 7.56. The number of hydrogen-bond donors (Lipinski definition) is 0. The lowest BCUT2D eigenvalue weighted by Crippen LogP contribution is -2.43. The first-order valence-electron chi connectivity index (χ1n) is 8.14. The van der Waals surface area contributed by atoms with Gasteiger partial charge in [-0.3, -0.25) is 9.59 Å². The van der Waals surface area contributed by atoms with E-state index in [1.54, 1.807) is 0 Å². The molecule has 128 valence electrons. The van der Waals surface area contributed by atoms with Crippen molar-refractivity contribution in [2.24, 2.45) is 0 Å². The summed E-state index contributed by atoms with van der Waals surface area (Å²) >= 11 is 6.34. The Balaban J connectivity index is 3.09. The Labute approximate surface area is 144 Å². The maximum absolute atomic E-state index is 12.6. The molecule has 2 amide bonds. The summed E-state index contributed by atoms with van der Waals surface area (Å²) in [7, 11) is 0.